The lowest BCUT2D eigenvalue weighted by atomic mass is 10.1. The standard InChI is InChI=1S/C21H17ClN2O4/c1-14-19(7-4-8-20(14)24(26)27)23-21(25)15-9-11-17(12-10-15)28-13-16-5-2-3-6-18(16)22/h2-12H,13H2,1H3,(H,23,25). The zero-order chi connectivity index (χ0) is 20.1. The Morgan fingerprint density at radius 1 is 1.07 bits per heavy atom. The highest BCUT2D eigenvalue weighted by Gasteiger charge is 2.15. The number of ether oxygens (including phenoxy) is 1. The number of amides is 1. The van der Waals surface area contributed by atoms with Crippen LogP contribution in [0.5, 0.6) is 5.75 Å². The number of anilines is 1. The molecule has 0 heterocycles. The summed E-state index contributed by atoms with van der Waals surface area (Å²) >= 11 is 6.10. The van der Waals surface area contributed by atoms with Gasteiger partial charge in [-0.05, 0) is 43.3 Å². The molecule has 3 aromatic carbocycles. The summed E-state index contributed by atoms with van der Waals surface area (Å²) in [6, 6.07) is 18.6. The van der Waals surface area contributed by atoms with E-state index in [-0.39, 0.29) is 11.6 Å². The predicted octanol–water partition coefficient (Wildman–Crippen LogP) is 5.39. The highest BCUT2D eigenvalue weighted by Crippen LogP contribution is 2.26. The van der Waals surface area contributed by atoms with Gasteiger partial charge in [0, 0.05) is 22.2 Å². The van der Waals surface area contributed by atoms with Crippen LogP contribution in [0.25, 0.3) is 0 Å². The predicted molar refractivity (Wildman–Crippen MR) is 108 cm³/mol. The maximum absolute atomic E-state index is 12.4. The molecule has 0 aliphatic heterocycles. The number of carbonyl (C=O) groups excluding carboxylic acids is 1. The topological polar surface area (TPSA) is 81.5 Å². The second-order valence-corrected chi connectivity index (χ2v) is 6.47. The Morgan fingerprint density at radius 3 is 2.46 bits per heavy atom. The number of rotatable bonds is 6. The largest absolute Gasteiger partial charge is 0.489 e. The van der Waals surface area contributed by atoms with Crippen molar-refractivity contribution in [3.63, 3.8) is 0 Å². The Morgan fingerprint density at radius 2 is 1.79 bits per heavy atom. The van der Waals surface area contributed by atoms with Crippen LogP contribution < -0.4 is 10.1 Å². The van der Waals surface area contributed by atoms with Crippen LogP contribution >= 0.6 is 11.6 Å². The number of nitro benzene ring substituents is 1. The van der Waals surface area contributed by atoms with Gasteiger partial charge in [0.2, 0.25) is 0 Å². The van der Waals surface area contributed by atoms with E-state index in [0.29, 0.717) is 34.2 Å². The molecule has 142 valence electrons. The van der Waals surface area contributed by atoms with Crippen LogP contribution in [0, 0.1) is 17.0 Å². The van der Waals surface area contributed by atoms with Crippen LogP contribution in [-0.2, 0) is 6.61 Å². The molecule has 0 aliphatic carbocycles. The minimum atomic E-state index is -0.476. The Bertz CT molecular complexity index is 1020. The molecule has 0 radical (unpaired) electrons. The molecule has 7 heteroatoms. The van der Waals surface area contributed by atoms with E-state index in [1.165, 1.54) is 12.1 Å². The second-order valence-electron chi connectivity index (χ2n) is 6.07. The maximum atomic E-state index is 12.4. The number of nitro groups is 1. The summed E-state index contributed by atoms with van der Waals surface area (Å²) in [5.41, 5.74) is 2.04. The number of nitrogens with zero attached hydrogens (tertiary/aromatic N) is 1. The van der Waals surface area contributed by atoms with E-state index in [0.717, 1.165) is 5.56 Å². The van der Waals surface area contributed by atoms with E-state index in [1.54, 1.807) is 43.3 Å². The van der Waals surface area contributed by atoms with E-state index in [1.807, 2.05) is 18.2 Å². The van der Waals surface area contributed by atoms with E-state index in [4.69, 9.17) is 16.3 Å². The molecule has 0 unspecified atom stereocenters. The molecule has 0 aliphatic rings. The fourth-order valence-corrected chi connectivity index (χ4v) is 2.82. The van der Waals surface area contributed by atoms with Gasteiger partial charge in [-0.3, -0.25) is 14.9 Å². The van der Waals surface area contributed by atoms with Crippen molar-refractivity contribution in [2.24, 2.45) is 0 Å². The minimum absolute atomic E-state index is 0.0406. The molecule has 1 N–H and O–H groups in total. The minimum Gasteiger partial charge on any atom is -0.489 e. The first-order valence-electron chi connectivity index (χ1n) is 8.47. The van der Waals surface area contributed by atoms with E-state index < -0.39 is 4.92 Å². The van der Waals surface area contributed by atoms with Gasteiger partial charge >= 0.3 is 0 Å². The molecule has 0 bridgehead atoms. The van der Waals surface area contributed by atoms with Gasteiger partial charge < -0.3 is 10.1 Å². The van der Waals surface area contributed by atoms with Gasteiger partial charge in [0.25, 0.3) is 11.6 Å². The SMILES string of the molecule is Cc1c(NC(=O)c2ccc(OCc3ccccc3Cl)cc2)cccc1[N+](=O)[O-]. The number of carbonyl (C=O) groups is 1. The van der Waals surface area contributed by atoms with Gasteiger partial charge in [0.15, 0.2) is 0 Å². The van der Waals surface area contributed by atoms with Gasteiger partial charge in [-0.25, -0.2) is 0 Å². The number of hydrogen-bond acceptors (Lipinski definition) is 4. The molecule has 0 atom stereocenters. The maximum Gasteiger partial charge on any atom is 0.274 e. The third-order valence-electron chi connectivity index (χ3n) is 4.22. The lowest BCUT2D eigenvalue weighted by Gasteiger charge is -2.10. The molecule has 0 fully saturated rings. The summed E-state index contributed by atoms with van der Waals surface area (Å²) in [4.78, 5) is 23.0. The molecule has 0 aromatic heterocycles. The zero-order valence-electron chi connectivity index (χ0n) is 15.0. The number of nitrogens with one attached hydrogen (secondary N) is 1. The van der Waals surface area contributed by atoms with Crippen LogP contribution in [-0.4, -0.2) is 10.8 Å². The second kappa shape index (κ2) is 8.54. The average Bonchev–Trinajstić information content (AvgIpc) is 2.69. The third-order valence-corrected chi connectivity index (χ3v) is 4.59. The molecule has 28 heavy (non-hydrogen) atoms. The Labute approximate surface area is 166 Å². The molecule has 0 saturated heterocycles. The van der Waals surface area contributed by atoms with Crippen molar-refractivity contribution in [3.05, 3.63) is 98.6 Å². The van der Waals surface area contributed by atoms with Crippen molar-refractivity contribution in [2.75, 3.05) is 5.32 Å². The Balaban J connectivity index is 1.66. The number of hydrogen-bond donors (Lipinski definition) is 1. The van der Waals surface area contributed by atoms with Crippen LogP contribution in [0.2, 0.25) is 5.02 Å². The van der Waals surface area contributed by atoms with Crippen LogP contribution in [0.3, 0.4) is 0 Å². The van der Waals surface area contributed by atoms with Crippen molar-refractivity contribution in [3.8, 4) is 5.75 Å². The Hall–Kier alpha value is -3.38. The molecular weight excluding hydrogens is 380 g/mol. The van der Waals surface area contributed by atoms with E-state index in [2.05, 4.69) is 5.32 Å². The molecular formula is C21H17ClN2O4. The summed E-state index contributed by atoms with van der Waals surface area (Å²) in [6.45, 7) is 1.91. The van der Waals surface area contributed by atoms with Crippen LogP contribution in [0.15, 0.2) is 66.7 Å². The van der Waals surface area contributed by atoms with Crippen molar-refractivity contribution in [2.45, 2.75) is 13.5 Å². The van der Waals surface area contributed by atoms with Gasteiger partial charge in [-0.15, -0.1) is 0 Å². The zero-order valence-corrected chi connectivity index (χ0v) is 15.8. The first-order valence-corrected chi connectivity index (χ1v) is 8.85. The smallest absolute Gasteiger partial charge is 0.274 e. The third kappa shape index (κ3) is 4.47. The summed E-state index contributed by atoms with van der Waals surface area (Å²) in [5, 5.41) is 14.4. The van der Waals surface area contributed by atoms with Crippen LogP contribution in [0.1, 0.15) is 21.5 Å². The van der Waals surface area contributed by atoms with Gasteiger partial charge in [0.05, 0.1) is 16.2 Å². The van der Waals surface area contributed by atoms with Crippen molar-refractivity contribution >= 4 is 28.9 Å². The van der Waals surface area contributed by atoms with E-state index in [9.17, 15) is 14.9 Å². The number of benzene rings is 3. The normalized spacial score (nSPS) is 10.4. The first kappa shape index (κ1) is 19.4. The molecule has 3 aromatic rings. The van der Waals surface area contributed by atoms with Crippen molar-refractivity contribution in [1.82, 2.24) is 0 Å². The molecule has 3 rings (SSSR count). The van der Waals surface area contributed by atoms with Crippen LogP contribution in [0.4, 0.5) is 11.4 Å². The summed E-state index contributed by atoms with van der Waals surface area (Å²) in [7, 11) is 0. The number of halogens is 1. The average molecular weight is 397 g/mol. The van der Waals surface area contributed by atoms with Crippen molar-refractivity contribution < 1.29 is 14.5 Å². The highest BCUT2D eigenvalue weighted by molar-refractivity contribution is 6.31. The first-order chi connectivity index (χ1) is 13.5. The quantitative estimate of drug-likeness (QED) is 0.447. The monoisotopic (exact) mass is 396 g/mol. The summed E-state index contributed by atoms with van der Waals surface area (Å²) in [5.74, 6) is 0.240. The van der Waals surface area contributed by atoms with Gasteiger partial charge in [0.1, 0.15) is 12.4 Å². The van der Waals surface area contributed by atoms with Crippen molar-refractivity contribution in [1.29, 1.82) is 0 Å². The fraction of sp³-hybridized carbons (Fsp3) is 0.0952. The lowest BCUT2D eigenvalue weighted by molar-refractivity contribution is -0.385. The summed E-state index contributed by atoms with van der Waals surface area (Å²) in [6.07, 6.45) is 0. The van der Waals surface area contributed by atoms with Gasteiger partial charge in [-0.1, -0.05) is 35.9 Å². The van der Waals surface area contributed by atoms with E-state index >= 15 is 0 Å². The Kier molecular flexibility index (Phi) is 5.91. The molecule has 1 amide bonds. The van der Waals surface area contributed by atoms with Gasteiger partial charge in [-0.2, -0.15) is 0 Å². The fourth-order valence-electron chi connectivity index (χ4n) is 2.63. The highest BCUT2D eigenvalue weighted by atomic mass is 35.5. The molecule has 0 saturated carbocycles. The molecule has 6 nitrogen and oxygen atoms in total. The summed E-state index contributed by atoms with van der Waals surface area (Å²) < 4.78 is 5.70. The molecule has 0 spiro atoms. The lowest BCUT2D eigenvalue weighted by Crippen LogP contribution is -2.13.